The van der Waals surface area contributed by atoms with E-state index in [1.807, 2.05) is 0 Å². The summed E-state index contributed by atoms with van der Waals surface area (Å²) in [5.74, 6) is 1.04. The van der Waals surface area contributed by atoms with Crippen LogP contribution in [0.1, 0.15) is 37.0 Å². The van der Waals surface area contributed by atoms with Gasteiger partial charge in [-0.05, 0) is 30.7 Å². The van der Waals surface area contributed by atoms with Crippen LogP contribution in [-0.2, 0) is 0 Å². The number of piperidine rings is 1. The minimum Gasteiger partial charge on any atom is -0.478 e. The summed E-state index contributed by atoms with van der Waals surface area (Å²) >= 11 is 0. The summed E-state index contributed by atoms with van der Waals surface area (Å²) in [7, 11) is 0. The molecule has 0 spiro atoms. The number of aromatic nitrogens is 1. The molecule has 0 saturated carbocycles. The van der Waals surface area contributed by atoms with Crippen molar-refractivity contribution in [2.75, 3.05) is 23.7 Å². The molecule has 1 aromatic rings. The summed E-state index contributed by atoms with van der Waals surface area (Å²) in [6, 6.07) is 1.45. The largest absolute Gasteiger partial charge is 0.478 e. The average molecular weight is 263 g/mol. The van der Waals surface area contributed by atoms with Gasteiger partial charge in [0, 0.05) is 19.3 Å². The molecular weight excluding hydrogens is 242 g/mol. The predicted molar refractivity (Wildman–Crippen MR) is 75.4 cm³/mol. The van der Waals surface area contributed by atoms with Crippen LogP contribution in [0.25, 0.3) is 0 Å². The van der Waals surface area contributed by atoms with Crippen LogP contribution >= 0.6 is 0 Å². The second kappa shape index (κ2) is 5.47. The van der Waals surface area contributed by atoms with E-state index in [-0.39, 0.29) is 11.3 Å². The molecule has 1 aliphatic heterocycles. The Bertz CT molecular complexity index is 466. The Morgan fingerprint density at radius 1 is 1.47 bits per heavy atom. The fourth-order valence-corrected chi connectivity index (χ4v) is 2.68. The number of aromatic carboxylic acids is 1. The molecular formula is C14H21N3O2. The summed E-state index contributed by atoms with van der Waals surface area (Å²) in [6.45, 7) is 6.28. The Hall–Kier alpha value is -1.78. The first-order chi connectivity index (χ1) is 9.00. The minimum atomic E-state index is -1.00. The van der Waals surface area contributed by atoms with Crippen LogP contribution in [0.2, 0.25) is 0 Å². The van der Waals surface area contributed by atoms with Crippen molar-refractivity contribution < 1.29 is 9.90 Å². The van der Waals surface area contributed by atoms with Gasteiger partial charge in [0.05, 0.1) is 11.3 Å². The van der Waals surface area contributed by atoms with E-state index in [4.69, 9.17) is 10.8 Å². The number of nitrogen functional groups attached to an aromatic ring is 1. The highest BCUT2D eigenvalue weighted by molar-refractivity contribution is 5.96. The van der Waals surface area contributed by atoms with Crippen LogP contribution in [0, 0.1) is 11.8 Å². The summed E-state index contributed by atoms with van der Waals surface area (Å²) in [4.78, 5) is 17.4. The van der Waals surface area contributed by atoms with Crippen LogP contribution in [0.5, 0.6) is 0 Å². The van der Waals surface area contributed by atoms with Crippen molar-refractivity contribution in [2.24, 2.45) is 11.8 Å². The zero-order chi connectivity index (χ0) is 14.0. The first-order valence-corrected chi connectivity index (χ1v) is 6.73. The van der Waals surface area contributed by atoms with Crippen molar-refractivity contribution in [1.29, 1.82) is 0 Å². The zero-order valence-corrected chi connectivity index (χ0v) is 11.5. The first kappa shape index (κ1) is 13.6. The molecule has 0 aliphatic carbocycles. The van der Waals surface area contributed by atoms with Crippen LogP contribution in [0.4, 0.5) is 11.5 Å². The lowest BCUT2D eigenvalue weighted by atomic mass is 9.87. The fraction of sp³-hybridized carbons (Fsp3) is 0.571. The Morgan fingerprint density at radius 3 is 2.63 bits per heavy atom. The molecule has 104 valence electrons. The van der Waals surface area contributed by atoms with E-state index in [1.54, 1.807) is 0 Å². The molecule has 0 aromatic carbocycles. The second-order valence-electron chi connectivity index (χ2n) is 5.47. The van der Waals surface area contributed by atoms with E-state index in [2.05, 4.69) is 23.7 Å². The quantitative estimate of drug-likeness (QED) is 0.874. The highest BCUT2D eigenvalue weighted by Crippen LogP contribution is 2.30. The molecule has 1 fully saturated rings. The van der Waals surface area contributed by atoms with Crippen LogP contribution in [-0.4, -0.2) is 29.1 Å². The highest BCUT2D eigenvalue weighted by atomic mass is 16.4. The van der Waals surface area contributed by atoms with Crippen molar-refractivity contribution in [3.63, 3.8) is 0 Å². The number of nitrogens with zero attached hydrogens (tertiary/aromatic N) is 2. The molecule has 1 saturated heterocycles. The number of rotatable bonds is 3. The van der Waals surface area contributed by atoms with Gasteiger partial charge < -0.3 is 15.7 Å². The lowest BCUT2D eigenvalue weighted by molar-refractivity contribution is 0.0698. The minimum absolute atomic E-state index is 0.135. The number of pyridine rings is 1. The van der Waals surface area contributed by atoms with Gasteiger partial charge in [-0.3, -0.25) is 0 Å². The highest BCUT2D eigenvalue weighted by Gasteiger charge is 2.24. The molecule has 1 aromatic heterocycles. The lowest BCUT2D eigenvalue weighted by Gasteiger charge is -2.35. The predicted octanol–water partition coefficient (Wildman–Crippen LogP) is 2.23. The Kier molecular flexibility index (Phi) is 3.93. The topological polar surface area (TPSA) is 79.5 Å². The normalized spacial score (nSPS) is 16.9. The van der Waals surface area contributed by atoms with Crippen molar-refractivity contribution in [2.45, 2.75) is 26.7 Å². The molecule has 19 heavy (non-hydrogen) atoms. The maximum absolute atomic E-state index is 11.1. The summed E-state index contributed by atoms with van der Waals surface area (Å²) in [6.07, 6.45) is 3.73. The molecule has 2 rings (SSSR count). The standard InChI is InChI=1S/C14H21N3O2/c1-9(2)10-4-7-17(8-5-10)13-12(15)11(14(18)19)3-6-16-13/h3,6,9-10H,4-5,7-8,15H2,1-2H3,(H,18,19). The molecule has 0 bridgehead atoms. The van der Waals surface area contributed by atoms with Gasteiger partial charge in [-0.2, -0.15) is 0 Å². The summed E-state index contributed by atoms with van der Waals surface area (Å²) < 4.78 is 0. The van der Waals surface area contributed by atoms with E-state index in [0.717, 1.165) is 31.8 Å². The van der Waals surface area contributed by atoms with E-state index >= 15 is 0 Å². The molecule has 0 atom stereocenters. The number of carbonyl (C=O) groups is 1. The van der Waals surface area contributed by atoms with Gasteiger partial charge in [0.15, 0.2) is 5.82 Å². The molecule has 3 N–H and O–H groups in total. The summed E-state index contributed by atoms with van der Waals surface area (Å²) in [5.41, 5.74) is 6.34. The maximum atomic E-state index is 11.1. The molecule has 0 amide bonds. The average Bonchev–Trinajstić information content (AvgIpc) is 2.38. The number of nitrogens with two attached hydrogens (primary N) is 1. The number of carboxylic acid groups (broad SMARTS) is 1. The fourth-order valence-electron chi connectivity index (χ4n) is 2.68. The molecule has 0 radical (unpaired) electrons. The number of carboxylic acids is 1. The Morgan fingerprint density at radius 2 is 2.11 bits per heavy atom. The lowest BCUT2D eigenvalue weighted by Crippen LogP contribution is -2.36. The van der Waals surface area contributed by atoms with Crippen LogP contribution in [0.3, 0.4) is 0 Å². The monoisotopic (exact) mass is 263 g/mol. The van der Waals surface area contributed by atoms with E-state index in [0.29, 0.717) is 11.7 Å². The molecule has 2 heterocycles. The van der Waals surface area contributed by atoms with Gasteiger partial charge in [0.2, 0.25) is 0 Å². The van der Waals surface area contributed by atoms with Crippen molar-refractivity contribution >= 4 is 17.5 Å². The van der Waals surface area contributed by atoms with E-state index in [9.17, 15) is 4.79 Å². The summed E-state index contributed by atoms with van der Waals surface area (Å²) in [5, 5.41) is 9.08. The van der Waals surface area contributed by atoms with Crippen molar-refractivity contribution in [3.8, 4) is 0 Å². The molecule has 5 nitrogen and oxygen atoms in total. The zero-order valence-electron chi connectivity index (χ0n) is 11.5. The van der Waals surface area contributed by atoms with Gasteiger partial charge in [-0.25, -0.2) is 9.78 Å². The number of hydrogen-bond donors (Lipinski definition) is 2. The number of anilines is 2. The van der Waals surface area contributed by atoms with E-state index < -0.39 is 5.97 Å². The van der Waals surface area contributed by atoms with Crippen LogP contribution < -0.4 is 10.6 Å². The van der Waals surface area contributed by atoms with Crippen molar-refractivity contribution in [1.82, 2.24) is 4.98 Å². The third-order valence-corrected chi connectivity index (χ3v) is 3.98. The Labute approximate surface area is 113 Å². The molecule has 1 aliphatic rings. The van der Waals surface area contributed by atoms with Gasteiger partial charge in [0.1, 0.15) is 0 Å². The van der Waals surface area contributed by atoms with E-state index in [1.165, 1.54) is 12.3 Å². The van der Waals surface area contributed by atoms with Crippen molar-refractivity contribution in [3.05, 3.63) is 17.8 Å². The van der Waals surface area contributed by atoms with Gasteiger partial charge in [-0.1, -0.05) is 13.8 Å². The van der Waals surface area contributed by atoms with Gasteiger partial charge in [0.25, 0.3) is 0 Å². The van der Waals surface area contributed by atoms with Gasteiger partial charge in [-0.15, -0.1) is 0 Å². The molecule has 5 heteroatoms. The smallest absolute Gasteiger partial charge is 0.337 e. The number of hydrogen-bond acceptors (Lipinski definition) is 4. The van der Waals surface area contributed by atoms with Crippen LogP contribution in [0.15, 0.2) is 12.3 Å². The Balaban J connectivity index is 2.16. The first-order valence-electron chi connectivity index (χ1n) is 6.73. The second-order valence-corrected chi connectivity index (χ2v) is 5.47. The maximum Gasteiger partial charge on any atom is 0.337 e. The third-order valence-electron chi connectivity index (χ3n) is 3.98. The van der Waals surface area contributed by atoms with Gasteiger partial charge >= 0.3 is 5.97 Å². The third kappa shape index (κ3) is 2.80. The molecule has 0 unspecified atom stereocenters. The SMILES string of the molecule is CC(C)C1CCN(c2nccc(C(=O)O)c2N)CC1.